The van der Waals surface area contributed by atoms with Gasteiger partial charge < -0.3 is 15.5 Å². The fourth-order valence-electron chi connectivity index (χ4n) is 1.74. The summed E-state index contributed by atoms with van der Waals surface area (Å²) in [5.74, 6) is 0.174. The topological polar surface area (TPSA) is 75.4 Å². The van der Waals surface area contributed by atoms with E-state index in [2.05, 4.69) is 9.97 Å². The molecule has 0 aromatic carbocycles. The number of nitrogens with zero attached hydrogens (tertiary/aromatic N) is 4. The molecule has 0 radical (unpaired) electrons. The minimum Gasteiger partial charge on any atom is -0.382 e. The summed E-state index contributed by atoms with van der Waals surface area (Å²) < 4.78 is 0. The molecule has 1 amide bonds. The molecule has 2 heterocycles. The molecule has 0 aliphatic rings. The molecule has 6 nitrogen and oxygen atoms in total. The quantitative estimate of drug-likeness (QED) is 0.912. The Morgan fingerprint density at radius 1 is 1.38 bits per heavy atom. The lowest BCUT2D eigenvalue weighted by atomic mass is 10.4. The van der Waals surface area contributed by atoms with E-state index >= 15 is 0 Å². The SMILES string of the molecule is CCN(C)c1nc(N)c(C(=O)N(C)Cc2csc(C)n2)s1. The average Bonchev–Trinajstić information content (AvgIpc) is 3.03. The molecular formula is C13H19N5OS2. The molecule has 0 spiro atoms. The summed E-state index contributed by atoms with van der Waals surface area (Å²) in [4.78, 5) is 25.2. The number of hydrogen-bond donors (Lipinski definition) is 1. The fraction of sp³-hybridized carbons (Fsp3) is 0.462. The third-order valence-corrected chi connectivity index (χ3v) is 5.05. The van der Waals surface area contributed by atoms with Crippen molar-refractivity contribution < 1.29 is 4.79 Å². The van der Waals surface area contributed by atoms with E-state index in [4.69, 9.17) is 5.73 Å². The van der Waals surface area contributed by atoms with Gasteiger partial charge in [0.2, 0.25) is 0 Å². The number of aromatic nitrogens is 2. The third-order valence-electron chi connectivity index (χ3n) is 3.05. The minimum atomic E-state index is -0.119. The van der Waals surface area contributed by atoms with Gasteiger partial charge in [0.05, 0.1) is 17.2 Å². The zero-order valence-electron chi connectivity index (χ0n) is 12.6. The van der Waals surface area contributed by atoms with Gasteiger partial charge in [-0.2, -0.15) is 0 Å². The van der Waals surface area contributed by atoms with Crippen LogP contribution in [-0.4, -0.2) is 41.4 Å². The van der Waals surface area contributed by atoms with E-state index in [1.165, 1.54) is 11.3 Å². The minimum absolute atomic E-state index is 0.119. The molecule has 114 valence electrons. The number of carbonyl (C=O) groups excluding carboxylic acids is 1. The van der Waals surface area contributed by atoms with Gasteiger partial charge in [0, 0.05) is 26.0 Å². The highest BCUT2D eigenvalue weighted by Crippen LogP contribution is 2.28. The second-order valence-corrected chi connectivity index (χ2v) is 6.78. The van der Waals surface area contributed by atoms with Gasteiger partial charge in [-0.05, 0) is 13.8 Å². The highest BCUT2D eigenvalue weighted by molar-refractivity contribution is 7.18. The van der Waals surface area contributed by atoms with Gasteiger partial charge in [0.1, 0.15) is 10.7 Å². The summed E-state index contributed by atoms with van der Waals surface area (Å²) in [6, 6.07) is 0. The number of rotatable bonds is 5. The van der Waals surface area contributed by atoms with Crippen LogP contribution in [0.15, 0.2) is 5.38 Å². The van der Waals surface area contributed by atoms with Gasteiger partial charge >= 0.3 is 0 Å². The van der Waals surface area contributed by atoms with Crippen molar-refractivity contribution in [2.75, 3.05) is 31.3 Å². The van der Waals surface area contributed by atoms with Gasteiger partial charge in [-0.1, -0.05) is 11.3 Å². The van der Waals surface area contributed by atoms with Crippen LogP contribution < -0.4 is 10.6 Å². The molecule has 0 bridgehead atoms. The van der Waals surface area contributed by atoms with E-state index in [9.17, 15) is 4.79 Å². The van der Waals surface area contributed by atoms with Crippen LogP contribution in [-0.2, 0) is 6.54 Å². The van der Waals surface area contributed by atoms with Crippen molar-refractivity contribution in [1.29, 1.82) is 0 Å². The van der Waals surface area contributed by atoms with E-state index in [1.54, 1.807) is 23.3 Å². The normalized spacial score (nSPS) is 10.7. The number of nitrogens with two attached hydrogens (primary N) is 1. The Hall–Kier alpha value is -1.67. The van der Waals surface area contributed by atoms with Crippen LogP contribution in [0, 0.1) is 6.92 Å². The second kappa shape index (κ2) is 6.40. The summed E-state index contributed by atoms with van der Waals surface area (Å²) in [5.41, 5.74) is 6.77. The second-order valence-electron chi connectivity index (χ2n) is 4.74. The van der Waals surface area contributed by atoms with Crippen molar-refractivity contribution in [2.45, 2.75) is 20.4 Å². The Bertz CT molecular complexity index is 636. The molecule has 0 saturated carbocycles. The molecule has 0 aliphatic heterocycles. The molecule has 0 fully saturated rings. The number of anilines is 2. The Labute approximate surface area is 132 Å². The van der Waals surface area contributed by atoms with Gasteiger partial charge in [-0.15, -0.1) is 11.3 Å². The van der Waals surface area contributed by atoms with Crippen LogP contribution in [0.2, 0.25) is 0 Å². The average molecular weight is 325 g/mol. The highest BCUT2D eigenvalue weighted by atomic mass is 32.1. The highest BCUT2D eigenvalue weighted by Gasteiger charge is 2.21. The van der Waals surface area contributed by atoms with Gasteiger partial charge in [-0.25, -0.2) is 9.97 Å². The largest absolute Gasteiger partial charge is 0.382 e. The zero-order chi connectivity index (χ0) is 15.6. The Morgan fingerprint density at radius 2 is 2.10 bits per heavy atom. The molecule has 2 aromatic rings. The maximum absolute atomic E-state index is 12.5. The summed E-state index contributed by atoms with van der Waals surface area (Å²) in [6.45, 7) is 5.26. The van der Waals surface area contributed by atoms with E-state index in [0.29, 0.717) is 17.2 Å². The van der Waals surface area contributed by atoms with Crippen LogP contribution in [0.3, 0.4) is 0 Å². The van der Waals surface area contributed by atoms with Crippen molar-refractivity contribution in [3.8, 4) is 0 Å². The Kier molecular flexibility index (Phi) is 4.79. The molecule has 2 aromatic heterocycles. The lowest BCUT2D eigenvalue weighted by Gasteiger charge is -2.15. The molecule has 21 heavy (non-hydrogen) atoms. The summed E-state index contributed by atoms with van der Waals surface area (Å²) in [5, 5.41) is 3.72. The van der Waals surface area contributed by atoms with Gasteiger partial charge in [0.25, 0.3) is 5.91 Å². The van der Waals surface area contributed by atoms with Crippen molar-refractivity contribution in [3.63, 3.8) is 0 Å². The first-order chi connectivity index (χ1) is 9.92. The number of thiazole rings is 2. The first-order valence-corrected chi connectivity index (χ1v) is 8.25. The van der Waals surface area contributed by atoms with Crippen molar-refractivity contribution in [2.24, 2.45) is 0 Å². The smallest absolute Gasteiger partial charge is 0.267 e. The lowest BCUT2D eigenvalue weighted by Crippen LogP contribution is -2.26. The van der Waals surface area contributed by atoms with Crippen LogP contribution in [0.1, 0.15) is 27.3 Å². The Balaban J connectivity index is 2.13. The number of aryl methyl sites for hydroxylation is 1. The number of nitrogen functional groups attached to an aromatic ring is 1. The molecule has 0 aliphatic carbocycles. The molecule has 0 atom stereocenters. The predicted molar refractivity (Wildman–Crippen MR) is 88.1 cm³/mol. The maximum Gasteiger partial charge on any atom is 0.267 e. The van der Waals surface area contributed by atoms with E-state index in [0.717, 1.165) is 22.4 Å². The molecule has 2 N–H and O–H groups in total. The lowest BCUT2D eigenvalue weighted by molar-refractivity contribution is 0.0789. The number of hydrogen-bond acceptors (Lipinski definition) is 7. The standard InChI is InChI=1S/C13H19N5OS2/c1-5-17(3)13-16-11(14)10(21-13)12(19)18(4)6-9-7-20-8(2)15-9/h7H,5-6,14H2,1-4H3. The van der Waals surface area contributed by atoms with E-state index in [-0.39, 0.29) is 5.91 Å². The molecule has 0 saturated heterocycles. The maximum atomic E-state index is 12.5. The third kappa shape index (κ3) is 3.51. The molecule has 8 heteroatoms. The molecule has 2 rings (SSSR count). The van der Waals surface area contributed by atoms with Crippen molar-refractivity contribution >= 4 is 39.5 Å². The van der Waals surface area contributed by atoms with Crippen LogP contribution in [0.25, 0.3) is 0 Å². The summed E-state index contributed by atoms with van der Waals surface area (Å²) >= 11 is 2.90. The van der Waals surface area contributed by atoms with Crippen molar-refractivity contribution in [3.05, 3.63) is 21.0 Å². The van der Waals surface area contributed by atoms with Crippen molar-refractivity contribution in [1.82, 2.24) is 14.9 Å². The van der Waals surface area contributed by atoms with Crippen LogP contribution in [0.4, 0.5) is 10.9 Å². The van der Waals surface area contributed by atoms with Gasteiger partial charge in [0.15, 0.2) is 5.13 Å². The Morgan fingerprint density at radius 3 is 2.67 bits per heavy atom. The number of amides is 1. The zero-order valence-corrected chi connectivity index (χ0v) is 14.2. The summed E-state index contributed by atoms with van der Waals surface area (Å²) in [6.07, 6.45) is 0. The van der Waals surface area contributed by atoms with Gasteiger partial charge in [-0.3, -0.25) is 4.79 Å². The monoisotopic (exact) mass is 325 g/mol. The van der Waals surface area contributed by atoms with E-state index in [1.807, 2.05) is 31.2 Å². The van der Waals surface area contributed by atoms with Crippen LogP contribution in [0.5, 0.6) is 0 Å². The summed E-state index contributed by atoms with van der Waals surface area (Å²) in [7, 11) is 3.67. The fourth-order valence-corrected chi connectivity index (χ4v) is 3.35. The molecular weight excluding hydrogens is 306 g/mol. The molecule has 0 unspecified atom stereocenters. The first kappa shape index (κ1) is 15.7. The first-order valence-electron chi connectivity index (χ1n) is 6.56. The van der Waals surface area contributed by atoms with E-state index < -0.39 is 0 Å². The van der Waals surface area contributed by atoms with Crippen LogP contribution >= 0.6 is 22.7 Å². The number of carbonyl (C=O) groups is 1. The predicted octanol–water partition coefficient (Wildman–Crippen LogP) is 2.22.